The number of fused-ring (bicyclic) bond motifs is 1. The Bertz CT molecular complexity index is 806. The minimum absolute atomic E-state index is 0.104. The third-order valence-electron chi connectivity index (χ3n) is 4.49. The molecule has 1 nitrogen and oxygen atoms in total. The lowest BCUT2D eigenvalue weighted by Crippen LogP contribution is -2.12. The molecule has 0 bridgehead atoms. The number of hydrogen-bond donors (Lipinski definition) is 0. The Morgan fingerprint density at radius 2 is 1.05 bits per heavy atom. The molecule has 0 heterocycles. The lowest BCUT2D eigenvalue weighted by atomic mass is 9.81. The maximum atomic E-state index is 13.0. The Balaban J connectivity index is 1.92. The fraction of sp³-hybridized carbons (Fsp3) is 0.0952. The van der Waals surface area contributed by atoms with Gasteiger partial charge in [0, 0.05) is 11.5 Å². The minimum atomic E-state index is -0.124. The normalized spacial score (nSPS) is 19.9. The minimum Gasteiger partial charge on any atom is -0.293 e. The fourth-order valence-electron chi connectivity index (χ4n) is 3.53. The lowest BCUT2D eigenvalue weighted by molar-refractivity contribution is 0.0968. The molecular weight excluding hydrogens is 268 g/mol. The summed E-state index contributed by atoms with van der Waals surface area (Å²) in [6.07, 6.45) is 0. The third kappa shape index (κ3) is 1.98. The number of carbonyl (C=O) groups is 1. The van der Waals surface area contributed by atoms with E-state index in [9.17, 15) is 4.79 Å². The first-order chi connectivity index (χ1) is 10.9. The van der Waals surface area contributed by atoms with Gasteiger partial charge in [0.1, 0.15) is 0 Å². The smallest absolute Gasteiger partial charge is 0.171 e. The van der Waals surface area contributed by atoms with Gasteiger partial charge in [0.25, 0.3) is 0 Å². The Labute approximate surface area is 130 Å². The molecule has 0 saturated heterocycles. The summed E-state index contributed by atoms with van der Waals surface area (Å²) >= 11 is 0. The van der Waals surface area contributed by atoms with E-state index < -0.39 is 0 Å². The molecule has 0 aliphatic heterocycles. The maximum Gasteiger partial charge on any atom is 0.171 e. The summed E-state index contributed by atoms with van der Waals surface area (Å²) in [4.78, 5) is 13.0. The molecule has 22 heavy (non-hydrogen) atoms. The van der Waals surface area contributed by atoms with Gasteiger partial charge in [0.2, 0.25) is 0 Å². The van der Waals surface area contributed by atoms with Crippen molar-refractivity contribution in [1.82, 2.24) is 0 Å². The van der Waals surface area contributed by atoms with Crippen LogP contribution in [0, 0.1) is 0 Å². The van der Waals surface area contributed by atoms with Gasteiger partial charge in [-0.15, -0.1) is 0 Å². The van der Waals surface area contributed by atoms with Gasteiger partial charge in [-0.3, -0.25) is 4.79 Å². The van der Waals surface area contributed by atoms with Crippen molar-refractivity contribution >= 4 is 5.78 Å². The van der Waals surface area contributed by atoms with Crippen LogP contribution >= 0.6 is 0 Å². The molecule has 106 valence electrons. The van der Waals surface area contributed by atoms with Crippen LogP contribution in [-0.2, 0) is 0 Å². The van der Waals surface area contributed by atoms with E-state index in [2.05, 4.69) is 30.3 Å². The molecule has 1 heteroatoms. The Hall–Kier alpha value is -2.67. The molecule has 0 aromatic heterocycles. The predicted octanol–water partition coefficient (Wildman–Crippen LogP) is 4.80. The van der Waals surface area contributed by atoms with Crippen LogP contribution in [0.3, 0.4) is 0 Å². The molecule has 4 rings (SSSR count). The highest BCUT2D eigenvalue weighted by Crippen LogP contribution is 2.47. The molecule has 3 aromatic carbocycles. The Morgan fingerprint density at radius 1 is 0.545 bits per heavy atom. The van der Waals surface area contributed by atoms with Crippen molar-refractivity contribution in [2.24, 2.45) is 0 Å². The summed E-state index contributed by atoms with van der Waals surface area (Å²) in [6, 6.07) is 28.5. The second-order valence-electron chi connectivity index (χ2n) is 5.73. The van der Waals surface area contributed by atoms with Gasteiger partial charge in [-0.25, -0.2) is 0 Å². The van der Waals surface area contributed by atoms with Crippen LogP contribution in [0.25, 0.3) is 0 Å². The molecule has 0 spiro atoms. The van der Waals surface area contributed by atoms with E-state index in [4.69, 9.17) is 0 Å². The van der Waals surface area contributed by atoms with Gasteiger partial charge in [-0.1, -0.05) is 84.9 Å². The van der Waals surface area contributed by atoms with Crippen LogP contribution in [0.1, 0.15) is 38.9 Å². The van der Waals surface area contributed by atoms with Gasteiger partial charge in [0.05, 0.1) is 5.92 Å². The van der Waals surface area contributed by atoms with E-state index in [1.165, 1.54) is 5.56 Å². The molecule has 0 saturated carbocycles. The van der Waals surface area contributed by atoms with E-state index in [0.717, 1.165) is 16.7 Å². The van der Waals surface area contributed by atoms with Crippen molar-refractivity contribution in [3.63, 3.8) is 0 Å². The number of Topliss-reactive ketones (excluding diaryl/α,β-unsaturated/α-hetero) is 1. The standard InChI is InChI=1S/C21H16O/c22-21-18-14-8-7-13-17(18)19(15-9-3-1-4-10-15)20(21)16-11-5-2-6-12-16/h1-14,19-20H/t19-,20-/m1/s1. The van der Waals surface area contributed by atoms with Crippen molar-refractivity contribution in [3.05, 3.63) is 107 Å². The van der Waals surface area contributed by atoms with Crippen LogP contribution in [0.15, 0.2) is 84.9 Å². The third-order valence-corrected chi connectivity index (χ3v) is 4.49. The number of ketones is 1. The fourth-order valence-corrected chi connectivity index (χ4v) is 3.53. The molecule has 0 radical (unpaired) electrons. The van der Waals surface area contributed by atoms with Gasteiger partial charge in [-0.05, 0) is 16.7 Å². The van der Waals surface area contributed by atoms with Crippen molar-refractivity contribution < 1.29 is 4.79 Å². The topological polar surface area (TPSA) is 17.1 Å². The molecule has 3 aromatic rings. The zero-order valence-corrected chi connectivity index (χ0v) is 12.1. The van der Waals surface area contributed by atoms with Crippen molar-refractivity contribution in [2.45, 2.75) is 11.8 Å². The summed E-state index contributed by atoms with van der Waals surface area (Å²) in [5.74, 6) is 0.212. The lowest BCUT2D eigenvalue weighted by Gasteiger charge is -2.20. The first-order valence-electron chi connectivity index (χ1n) is 7.59. The zero-order valence-electron chi connectivity index (χ0n) is 12.1. The second kappa shape index (κ2) is 5.27. The number of hydrogen-bond acceptors (Lipinski definition) is 1. The molecular formula is C21H16O. The molecule has 0 fully saturated rings. The number of carbonyl (C=O) groups excluding carboxylic acids is 1. The zero-order chi connectivity index (χ0) is 14.9. The molecule has 0 N–H and O–H groups in total. The Kier molecular flexibility index (Phi) is 3.12. The van der Waals surface area contributed by atoms with Crippen LogP contribution in [0.4, 0.5) is 0 Å². The predicted molar refractivity (Wildman–Crippen MR) is 88.2 cm³/mol. The van der Waals surface area contributed by atoms with Gasteiger partial charge >= 0.3 is 0 Å². The molecule has 0 unspecified atom stereocenters. The maximum absolute atomic E-state index is 13.0. The highest BCUT2D eigenvalue weighted by atomic mass is 16.1. The average Bonchev–Trinajstić information content (AvgIpc) is 2.90. The molecule has 0 amide bonds. The van der Waals surface area contributed by atoms with Crippen LogP contribution in [0.2, 0.25) is 0 Å². The first-order valence-corrected chi connectivity index (χ1v) is 7.59. The van der Waals surface area contributed by atoms with E-state index >= 15 is 0 Å². The van der Waals surface area contributed by atoms with E-state index in [1.54, 1.807) is 0 Å². The largest absolute Gasteiger partial charge is 0.293 e. The summed E-state index contributed by atoms with van der Waals surface area (Å²) < 4.78 is 0. The highest BCUT2D eigenvalue weighted by molar-refractivity contribution is 6.07. The summed E-state index contributed by atoms with van der Waals surface area (Å²) in [6.45, 7) is 0. The molecule has 2 atom stereocenters. The van der Waals surface area contributed by atoms with E-state index in [-0.39, 0.29) is 17.6 Å². The summed E-state index contributed by atoms with van der Waals surface area (Å²) in [5.41, 5.74) is 4.31. The summed E-state index contributed by atoms with van der Waals surface area (Å²) in [7, 11) is 0. The first kappa shape index (κ1) is 13.0. The van der Waals surface area contributed by atoms with Crippen LogP contribution in [-0.4, -0.2) is 5.78 Å². The number of benzene rings is 3. The SMILES string of the molecule is O=C1c2ccccc2[C@@H](c2ccccc2)[C@H]1c1ccccc1. The average molecular weight is 284 g/mol. The van der Waals surface area contributed by atoms with E-state index in [0.29, 0.717) is 0 Å². The second-order valence-corrected chi connectivity index (χ2v) is 5.73. The monoisotopic (exact) mass is 284 g/mol. The number of rotatable bonds is 2. The van der Waals surface area contributed by atoms with Crippen molar-refractivity contribution in [1.29, 1.82) is 0 Å². The van der Waals surface area contributed by atoms with Crippen LogP contribution in [0.5, 0.6) is 0 Å². The van der Waals surface area contributed by atoms with Crippen molar-refractivity contribution in [2.75, 3.05) is 0 Å². The molecule has 1 aliphatic carbocycles. The van der Waals surface area contributed by atoms with Gasteiger partial charge < -0.3 is 0 Å². The van der Waals surface area contributed by atoms with E-state index in [1.807, 2.05) is 54.6 Å². The van der Waals surface area contributed by atoms with Gasteiger partial charge in [0.15, 0.2) is 5.78 Å². The Morgan fingerprint density at radius 3 is 1.68 bits per heavy atom. The molecule has 1 aliphatic rings. The quantitative estimate of drug-likeness (QED) is 0.660. The highest BCUT2D eigenvalue weighted by Gasteiger charge is 2.40. The van der Waals surface area contributed by atoms with Crippen molar-refractivity contribution in [3.8, 4) is 0 Å². The van der Waals surface area contributed by atoms with Gasteiger partial charge in [-0.2, -0.15) is 0 Å². The van der Waals surface area contributed by atoms with Crippen LogP contribution < -0.4 is 0 Å². The summed E-state index contributed by atoms with van der Waals surface area (Å²) in [5, 5.41) is 0.